The Kier molecular flexibility index (Phi) is 5.22. The van der Waals surface area contributed by atoms with E-state index in [0.717, 1.165) is 35.8 Å². The zero-order chi connectivity index (χ0) is 15.4. The Labute approximate surface area is 132 Å². The fourth-order valence-corrected chi connectivity index (χ4v) is 3.35. The van der Waals surface area contributed by atoms with Gasteiger partial charge in [-0.15, -0.1) is 0 Å². The summed E-state index contributed by atoms with van der Waals surface area (Å²) in [5, 5.41) is 12.5. The molecule has 0 aromatic heterocycles. The quantitative estimate of drug-likeness (QED) is 0.757. The Balaban J connectivity index is 2.02. The molecular weight excluding hydrogens is 336 g/mol. The van der Waals surface area contributed by atoms with E-state index in [1.807, 2.05) is 0 Å². The third-order valence-electron chi connectivity index (χ3n) is 4.03. The molecule has 1 amide bonds. The van der Waals surface area contributed by atoms with Gasteiger partial charge in [0.05, 0.1) is 5.92 Å². The first-order valence-electron chi connectivity index (χ1n) is 7.05. The number of halogens is 1. The first-order chi connectivity index (χ1) is 9.99. The number of carbonyl (C=O) groups is 2. The number of nitrogens with one attached hydrogen (secondary N) is 1. The van der Waals surface area contributed by atoms with E-state index in [2.05, 4.69) is 21.2 Å². The molecule has 4 N–H and O–H groups in total. The summed E-state index contributed by atoms with van der Waals surface area (Å²) in [6.07, 6.45) is 3.76. The molecule has 21 heavy (non-hydrogen) atoms. The molecule has 0 radical (unpaired) electrons. The van der Waals surface area contributed by atoms with Crippen LogP contribution in [0, 0.1) is 11.8 Å². The summed E-state index contributed by atoms with van der Waals surface area (Å²) in [5.74, 6) is -1.31. The van der Waals surface area contributed by atoms with Gasteiger partial charge in [0.2, 0.25) is 5.91 Å². The van der Waals surface area contributed by atoms with Crippen LogP contribution in [0.2, 0.25) is 0 Å². The Bertz CT molecular complexity index is 548. The molecule has 0 saturated heterocycles. The highest BCUT2D eigenvalue weighted by atomic mass is 79.9. The number of aliphatic carboxylic acids is 1. The van der Waals surface area contributed by atoms with Crippen LogP contribution in [-0.4, -0.2) is 23.5 Å². The van der Waals surface area contributed by atoms with E-state index < -0.39 is 11.9 Å². The van der Waals surface area contributed by atoms with Crippen LogP contribution in [0.15, 0.2) is 22.7 Å². The normalized spacial score (nSPS) is 21.8. The molecule has 5 nitrogen and oxygen atoms in total. The van der Waals surface area contributed by atoms with Gasteiger partial charge in [-0.25, -0.2) is 0 Å². The number of primary amides is 1. The molecule has 0 spiro atoms. The number of carboxylic acids is 1. The molecule has 1 saturated carbocycles. The average molecular weight is 355 g/mol. The van der Waals surface area contributed by atoms with Crippen LogP contribution in [0.3, 0.4) is 0 Å². The molecule has 1 aliphatic rings. The summed E-state index contributed by atoms with van der Waals surface area (Å²) in [5.41, 5.74) is 6.51. The van der Waals surface area contributed by atoms with Gasteiger partial charge in [0.1, 0.15) is 0 Å². The van der Waals surface area contributed by atoms with Crippen molar-refractivity contribution in [3.8, 4) is 0 Å². The van der Waals surface area contributed by atoms with Gasteiger partial charge in [-0.05, 0) is 52.9 Å². The average Bonchev–Trinajstić information content (AvgIpc) is 2.46. The van der Waals surface area contributed by atoms with Gasteiger partial charge in [0, 0.05) is 22.3 Å². The summed E-state index contributed by atoms with van der Waals surface area (Å²) in [6, 6.07) is 5.11. The second kappa shape index (κ2) is 6.93. The SMILES string of the molecule is NC(=O)c1ccc(NCC2CCCCC2C(=O)O)c(Br)c1. The van der Waals surface area contributed by atoms with Crippen molar-refractivity contribution in [3.63, 3.8) is 0 Å². The Hall–Kier alpha value is -1.56. The first-order valence-corrected chi connectivity index (χ1v) is 7.84. The van der Waals surface area contributed by atoms with Crippen molar-refractivity contribution < 1.29 is 14.7 Å². The maximum atomic E-state index is 11.3. The molecule has 6 heteroatoms. The Morgan fingerprint density at radius 3 is 2.67 bits per heavy atom. The lowest BCUT2D eigenvalue weighted by atomic mass is 9.79. The smallest absolute Gasteiger partial charge is 0.306 e. The van der Waals surface area contributed by atoms with Crippen molar-refractivity contribution in [1.82, 2.24) is 0 Å². The van der Waals surface area contributed by atoms with E-state index in [0.29, 0.717) is 12.1 Å². The summed E-state index contributed by atoms with van der Waals surface area (Å²) in [4.78, 5) is 22.4. The predicted octanol–water partition coefficient (Wildman–Crippen LogP) is 2.85. The van der Waals surface area contributed by atoms with Crippen LogP contribution < -0.4 is 11.1 Å². The van der Waals surface area contributed by atoms with Crippen molar-refractivity contribution >= 4 is 33.5 Å². The minimum atomic E-state index is -0.704. The fraction of sp³-hybridized carbons (Fsp3) is 0.467. The highest BCUT2D eigenvalue weighted by Gasteiger charge is 2.30. The van der Waals surface area contributed by atoms with Gasteiger partial charge < -0.3 is 16.2 Å². The lowest BCUT2D eigenvalue weighted by Gasteiger charge is -2.29. The predicted molar refractivity (Wildman–Crippen MR) is 84.2 cm³/mol. The maximum Gasteiger partial charge on any atom is 0.306 e. The minimum absolute atomic E-state index is 0.138. The summed E-state index contributed by atoms with van der Waals surface area (Å²) < 4.78 is 0.751. The van der Waals surface area contributed by atoms with Gasteiger partial charge in [-0.2, -0.15) is 0 Å². The monoisotopic (exact) mass is 354 g/mol. The number of hydrogen-bond acceptors (Lipinski definition) is 3. The van der Waals surface area contributed by atoms with E-state index in [-0.39, 0.29) is 11.8 Å². The fourth-order valence-electron chi connectivity index (χ4n) is 2.83. The van der Waals surface area contributed by atoms with E-state index >= 15 is 0 Å². The molecule has 1 aromatic carbocycles. The molecule has 0 heterocycles. The molecule has 1 fully saturated rings. The largest absolute Gasteiger partial charge is 0.481 e. The number of amides is 1. The summed E-state index contributed by atoms with van der Waals surface area (Å²) in [6.45, 7) is 0.617. The lowest BCUT2D eigenvalue weighted by molar-refractivity contribution is -0.144. The van der Waals surface area contributed by atoms with Crippen molar-refractivity contribution in [3.05, 3.63) is 28.2 Å². The van der Waals surface area contributed by atoms with E-state index in [1.165, 1.54) is 0 Å². The van der Waals surface area contributed by atoms with Crippen molar-refractivity contribution in [2.75, 3.05) is 11.9 Å². The highest BCUT2D eigenvalue weighted by molar-refractivity contribution is 9.10. The van der Waals surface area contributed by atoms with Crippen LogP contribution in [0.4, 0.5) is 5.69 Å². The van der Waals surface area contributed by atoms with Crippen molar-refractivity contribution in [2.45, 2.75) is 25.7 Å². The molecule has 1 aliphatic carbocycles. The van der Waals surface area contributed by atoms with Crippen molar-refractivity contribution in [1.29, 1.82) is 0 Å². The number of nitrogens with two attached hydrogens (primary N) is 1. The van der Waals surface area contributed by atoms with Crippen LogP contribution >= 0.6 is 15.9 Å². The second-order valence-electron chi connectivity index (χ2n) is 5.43. The number of rotatable bonds is 5. The van der Waals surface area contributed by atoms with Gasteiger partial charge >= 0.3 is 5.97 Å². The van der Waals surface area contributed by atoms with Crippen molar-refractivity contribution in [2.24, 2.45) is 17.6 Å². The maximum absolute atomic E-state index is 11.3. The molecule has 1 aromatic rings. The van der Waals surface area contributed by atoms with Crippen LogP contribution in [-0.2, 0) is 4.79 Å². The van der Waals surface area contributed by atoms with Gasteiger partial charge in [-0.1, -0.05) is 12.8 Å². The molecule has 0 aliphatic heterocycles. The van der Waals surface area contributed by atoms with Crippen LogP contribution in [0.25, 0.3) is 0 Å². The number of carbonyl (C=O) groups excluding carboxylic acids is 1. The first kappa shape index (κ1) is 15.8. The molecule has 2 atom stereocenters. The van der Waals surface area contributed by atoms with Gasteiger partial charge in [0.25, 0.3) is 0 Å². The van der Waals surface area contributed by atoms with Gasteiger partial charge in [-0.3, -0.25) is 9.59 Å². The number of hydrogen-bond donors (Lipinski definition) is 3. The Morgan fingerprint density at radius 2 is 2.05 bits per heavy atom. The molecule has 114 valence electrons. The zero-order valence-electron chi connectivity index (χ0n) is 11.6. The lowest BCUT2D eigenvalue weighted by Crippen LogP contribution is -2.31. The van der Waals surface area contributed by atoms with E-state index in [4.69, 9.17) is 5.73 Å². The Morgan fingerprint density at radius 1 is 1.33 bits per heavy atom. The van der Waals surface area contributed by atoms with E-state index in [9.17, 15) is 14.7 Å². The number of benzene rings is 1. The highest BCUT2D eigenvalue weighted by Crippen LogP contribution is 2.31. The molecule has 2 rings (SSSR count). The molecular formula is C15H19BrN2O3. The third kappa shape index (κ3) is 3.97. The van der Waals surface area contributed by atoms with E-state index in [1.54, 1.807) is 18.2 Å². The standard InChI is InChI=1S/C15H19BrN2O3/c16-12-7-9(14(17)19)5-6-13(12)18-8-10-3-1-2-4-11(10)15(20)21/h5-7,10-11,18H,1-4,8H2,(H2,17,19)(H,20,21). The third-order valence-corrected chi connectivity index (χ3v) is 4.69. The van der Waals surface area contributed by atoms with Crippen LogP contribution in [0.5, 0.6) is 0 Å². The summed E-state index contributed by atoms with van der Waals surface area (Å²) >= 11 is 3.40. The van der Waals surface area contributed by atoms with Gasteiger partial charge in [0.15, 0.2) is 0 Å². The number of carboxylic acid groups (broad SMARTS) is 1. The second-order valence-corrected chi connectivity index (χ2v) is 6.28. The van der Waals surface area contributed by atoms with Crippen LogP contribution in [0.1, 0.15) is 36.0 Å². The topological polar surface area (TPSA) is 92.4 Å². The zero-order valence-corrected chi connectivity index (χ0v) is 13.2. The summed E-state index contributed by atoms with van der Waals surface area (Å²) in [7, 11) is 0. The molecule has 2 unspecified atom stereocenters. The minimum Gasteiger partial charge on any atom is -0.481 e. The molecule has 0 bridgehead atoms. The number of anilines is 1.